The molecule has 2 aromatic rings. The number of nitrogens with one attached hydrogen (secondary N) is 1. The molecule has 0 radical (unpaired) electrons. The monoisotopic (exact) mass is 391 g/mol. The first-order valence-electron chi connectivity index (χ1n) is 8.35. The quantitative estimate of drug-likeness (QED) is 0.553. The fourth-order valence-corrected chi connectivity index (χ4v) is 2.24. The van der Waals surface area contributed by atoms with Crippen molar-refractivity contribution in [3.05, 3.63) is 64.7 Å². The van der Waals surface area contributed by atoms with Gasteiger partial charge in [0, 0.05) is 11.1 Å². The number of Topliss-reactive ketones (excluding diaryl/α,β-unsaturated/α-hetero) is 1. The third-order valence-corrected chi connectivity index (χ3v) is 3.93. The summed E-state index contributed by atoms with van der Waals surface area (Å²) in [5, 5.41) is 2.42. The van der Waals surface area contributed by atoms with E-state index in [1.807, 2.05) is 13.8 Å². The van der Waals surface area contributed by atoms with E-state index in [0.29, 0.717) is 5.56 Å². The molecule has 0 atom stereocenters. The van der Waals surface area contributed by atoms with Gasteiger partial charge in [0.15, 0.2) is 12.4 Å². The zero-order chi connectivity index (χ0) is 20.7. The van der Waals surface area contributed by atoms with Crippen LogP contribution in [0.4, 0.5) is 8.78 Å². The van der Waals surface area contributed by atoms with Gasteiger partial charge in [0.25, 0.3) is 5.91 Å². The molecule has 0 saturated heterocycles. The maximum absolute atomic E-state index is 12.1. The minimum Gasteiger partial charge on any atom is -0.456 e. The predicted octanol–water partition coefficient (Wildman–Crippen LogP) is 3.06. The van der Waals surface area contributed by atoms with Gasteiger partial charge in [0.05, 0.1) is 0 Å². The molecule has 6 nitrogen and oxygen atoms in total. The molecule has 8 heteroatoms. The molecular formula is C20H19F2NO5. The Balaban J connectivity index is 1.79. The number of carbonyl (C=O) groups is 3. The average molecular weight is 391 g/mol. The zero-order valence-electron chi connectivity index (χ0n) is 15.3. The van der Waals surface area contributed by atoms with Gasteiger partial charge in [-0.2, -0.15) is 8.78 Å². The first-order chi connectivity index (χ1) is 13.3. The van der Waals surface area contributed by atoms with Gasteiger partial charge in [-0.25, -0.2) is 0 Å². The second-order valence-electron chi connectivity index (χ2n) is 5.97. The Labute approximate surface area is 160 Å². The Morgan fingerprint density at radius 2 is 1.61 bits per heavy atom. The summed E-state index contributed by atoms with van der Waals surface area (Å²) in [4.78, 5) is 35.7. The first kappa shape index (κ1) is 21.0. The van der Waals surface area contributed by atoms with E-state index in [0.717, 1.165) is 11.1 Å². The number of halogens is 2. The molecular weight excluding hydrogens is 372 g/mol. The molecule has 0 heterocycles. The fraction of sp³-hybridized carbons (Fsp3) is 0.250. The van der Waals surface area contributed by atoms with Crippen LogP contribution in [0, 0.1) is 13.8 Å². The molecule has 1 amide bonds. The number of amides is 1. The Morgan fingerprint density at radius 3 is 2.21 bits per heavy atom. The maximum atomic E-state index is 12.1. The molecule has 28 heavy (non-hydrogen) atoms. The molecule has 0 aliphatic heterocycles. The van der Waals surface area contributed by atoms with Crippen molar-refractivity contribution in [1.29, 1.82) is 0 Å². The van der Waals surface area contributed by atoms with Crippen molar-refractivity contribution in [3.8, 4) is 5.75 Å². The summed E-state index contributed by atoms with van der Waals surface area (Å²) >= 11 is 0. The Morgan fingerprint density at radius 1 is 0.964 bits per heavy atom. The van der Waals surface area contributed by atoms with Gasteiger partial charge in [-0.15, -0.1) is 0 Å². The van der Waals surface area contributed by atoms with Crippen LogP contribution in [0.1, 0.15) is 31.8 Å². The van der Waals surface area contributed by atoms with Crippen molar-refractivity contribution < 1.29 is 32.6 Å². The van der Waals surface area contributed by atoms with Crippen molar-refractivity contribution >= 4 is 17.7 Å². The number of aryl methyl sites for hydroxylation is 2. The summed E-state index contributed by atoms with van der Waals surface area (Å²) in [5.41, 5.74) is 2.58. The van der Waals surface area contributed by atoms with E-state index in [1.165, 1.54) is 24.3 Å². The summed E-state index contributed by atoms with van der Waals surface area (Å²) in [6.45, 7) is -0.0854. The van der Waals surface area contributed by atoms with E-state index < -0.39 is 30.9 Å². The third-order valence-electron chi connectivity index (χ3n) is 3.93. The molecule has 1 N–H and O–H groups in total. The van der Waals surface area contributed by atoms with E-state index in [9.17, 15) is 23.2 Å². The summed E-state index contributed by atoms with van der Waals surface area (Å²) in [6.07, 6.45) is 0. The summed E-state index contributed by atoms with van der Waals surface area (Å²) in [6, 6.07) is 10.2. The number of carbonyl (C=O) groups excluding carboxylic acids is 3. The standard InChI is InChI=1S/C20H19F2NO5/c1-12-3-4-15(9-13(12)2)19(26)23-10-18(25)27-11-17(24)14-5-7-16(8-6-14)28-20(21)22/h3-9,20H,10-11H2,1-2H3,(H,23,26). The highest BCUT2D eigenvalue weighted by Gasteiger charge is 2.13. The number of alkyl halides is 2. The number of hydrogen-bond acceptors (Lipinski definition) is 5. The van der Waals surface area contributed by atoms with Gasteiger partial charge < -0.3 is 14.8 Å². The van der Waals surface area contributed by atoms with Gasteiger partial charge in [0.1, 0.15) is 12.3 Å². The Hall–Kier alpha value is -3.29. The smallest absolute Gasteiger partial charge is 0.387 e. The molecule has 0 aliphatic carbocycles. The van der Waals surface area contributed by atoms with Crippen molar-refractivity contribution in [3.63, 3.8) is 0 Å². The van der Waals surface area contributed by atoms with Gasteiger partial charge in [0.2, 0.25) is 0 Å². The summed E-state index contributed by atoms with van der Waals surface area (Å²) < 4.78 is 33.2. The van der Waals surface area contributed by atoms with Crippen LogP contribution in [0.15, 0.2) is 42.5 Å². The largest absolute Gasteiger partial charge is 0.456 e. The molecule has 0 bridgehead atoms. The van der Waals surface area contributed by atoms with Crippen molar-refractivity contribution in [1.82, 2.24) is 5.32 Å². The fourth-order valence-electron chi connectivity index (χ4n) is 2.24. The predicted molar refractivity (Wildman–Crippen MR) is 96.6 cm³/mol. The topological polar surface area (TPSA) is 81.7 Å². The highest BCUT2D eigenvalue weighted by atomic mass is 19.3. The second kappa shape index (κ2) is 9.59. The number of rotatable bonds is 8. The number of ketones is 1. The minimum absolute atomic E-state index is 0.0856. The molecule has 0 unspecified atom stereocenters. The first-order valence-corrected chi connectivity index (χ1v) is 8.35. The Kier molecular flexibility index (Phi) is 7.20. The molecule has 2 aromatic carbocycles. The normalized spacial score (nSPS) is 10.5. The number of esters is 1. The lowest BCUT2D eigenvalue weighted by molar-refractivity contribution is -0.141. The highest BCUT2D eigenvalue weighted by Crippen LogP contribution is 2.15. The number of hydrogen-bond donors (Lipinski definition) is 1. The van der Waals surface area contributed by atoms with Crippen LogP contribution in [0.3, 0.4) is 0 Å². The van der Waals surface area contributed by atoms with Gasteiger partial charge >= 0.3 is 12.6 Å². The van der Waals surface area contributed by atoms with Crippen LogP contribution in [0.25, 0.3) is 0 Å². The zero-order valence-corrected chi connectivity index (χ0v) is 15.3. The highest BCUT2D eigenvalue weighted by molar-refractivity contribution is 5.99. The van der Waals surface area contributed by atoms with Crippen LogP contribution >= 0.6 is 0 Å². The van der Waals surface area contributed by atoms with Gasteiger partial charge in [-0.3, -0.25) is 14.4 Å². The van der Waals surface area contributed by atoms with E-state index in [2.05, 4.69) is 10.1 Å². The summed E-state index contributed by atoms with van der Waals surface area (Å²) in [7, 11) is 0. The lowest BCUT2D eigenvalue weighted by Gasteiger charge is -2.08. The molecule has 0 aromatic heterocycles. The van der Waals surface area contributed by atoms with Crippen LogP contribution in [0.2, 0.25) is 0 Å². The molecule has 148 valence electrons. The number of benzene rings is 2. The van der Waals surface area contributed by atoms with Crippen molar-refractivity contribution in [2.75, 3.05) is 13.2 Å². The SMILES string of the molecule is Cc1ccc(C(=O)NCC(=O)OCC(=O)c2ccc(OC(F)F)cc2)cc1C. The average Bonchev–Trinajstić information content (AvgIpc) is 2.66. The van der Waals surface area contributed by atoms with Crippen LogP contribution < -0.4 is 10.1 Å². The Bertz CT molecular complexity index is 865. The van der Waals surface area contributed by atoms with E-state index in [-0.39, 0.29) is 17.9 Å². The molecule has 0 spiro atoms. The van der Waals surface area contributed by atoms with Gasteiger partial charge in [-0.1, -0.05) is 6.07 Å². The lowest BCUT2D eigenvalue weighted by atomic mass is 10.1. The lowest BCUT2D eigenvalue weighted by Crippen LogP contribution is -2.31. The third kappa shape index (κ3) is 6.15. The van der Waals surface area contributed by atoms with Crippen molar-refractivity contribution in [2.24, 2.45) is 0 Å². The van der Waals surface area contributed by atoms with Crippen LogP contribution in [0.5, 0.6) is 5.75 Å². The van der Waals surface area contributed by atoms with Crippen LogP contribution in [-0.4, -0.2) is 37.4 Å². The van der Waals surface area contributed by atoms with E-state index in [1.54, 1.807) is 18.2 Å². The minimum atomic E-state index is -2.96. The number of ether oxygens (including phenoxy) is 2. The van der Waals surface area contributed by atoms with E-state index in [4.69, 9.17) is 4.74 Å². The molecule has 0 saturated carbocycles. The molecule has 0 fully saturated rings. The summed E-state index contributed by atoms with van der Waals surface area (Å²) in [5.74, 6) is -1.81. The van der Waals surface area contributed by atoms with Crippen molar-refractivity contribution in [2.45, 2.75) is 20.5 Å². The second-order valence-corrected chi connectivity index (χ2v) is 5.97. The van der Waals surface area contributed by atoms with E-state index >= 15 is 0 Å². The van der Waals surface area contributed by atoms with Crippen LogP contribution in [-0.2, 0) is 9.53 Å². The molecule has 2 rings (SSSR count). The van der Waals surface area contributed by atoms with Gasteiger partial charge in [-0.05, 0) is 61.4 Å². The molecule has 0 aliphatic rings. The maximum Gasteiger partial charge on any atom is 0.387 e.